The zero-order chi connectivity index (χ0) is 18.7. The van der Waals surface area contributed by atoms with Gasteiger partial charge in [0.1, 0.15) is 0 Å². The van der Waals surface area contributed by atoms with Crippen molar-refractivity contribution in [1.82, 2.24) is 10.2 Å². The molecule has 0 saturated carbocycles. The number of aromatic nitrogens is 2. The number of thiophene rings is 1. The number of amides is 1. The summed E-state index contributed by atoms with van der Waals surface area (Å²) in [6, 6.07) is 7.95. The van der Waals surface area contributed by atoms with Crippen LogP contribution in [0.25, 0.3) is 10.8 Å². The largest absolute Gasteiger partial charge is 0.416 e. The van der Waals surface area contributed by atoms with Crippen LogP contribution in [0.15, 0.2) is 51.4 Å². The van der Waals surface area contributed by atoms with E-state index >= 15 is 0 Å². The Hall–Kier alpha value is -2.33. The molecule has 1 atom stereocenters. The van der Waals surface area contributed by atoms with E-state index in [1.54, 1.807) is 6.92 Å². The first-order valence-electron chi connectivity index (χ1n) is 7.35. The number of anilines is 1. The minimum absolute atomic E-state index is 0.239. The zero-order valence-electron chi connectivity index (χ0n) is 13.3. The van der Waals surface area contributed by atoms with Gasteiger partial charge in [-0.25, -0.2) is 0 Å². The van der Waals surface area contributed by atoms with Gasteiger partial charge in [0.05, 0.1) is 15.7 Å². The number of carbonyl (C=O) groups excluding carboxylic acids is 1. The molecule has 0 saturated heterocycles. The lowest BCUT2D eigenvalue weighted by Crippen LogP contribution is -2.22. The highest BCUT2D eigenvalue weighted by molar-refractivity contribution is 8.00. The lowest BCUT2D eigenvalue weighted by molar-refractivity contribution is -0.137. The number of nitrogens with zero attached hydrogens (tertiary/aromatic N) is 2. The van der Waals surface area contributed by atoms with Crippen molar-refractivity contribution >= 4 is 34.7 Å². The number of benzene rings is 1. The number of halogens is 3. The Morgan fingerprint density at radius 1 is 1.23 bits per heavy atom. The lowest BCUT2D eigenvalue weighted by Gasteiger charge is -2.11. The van der Waals surface area contributed by atoms with Crippen LogP contribution < -0.4 is 5.32 Å². The summed E-state index contributed by atoms with van der Waals surface area (Å²) in [5.41, 5.74) is -0.495. The molecule has 0 spiro atoms. The molecule has 2 aromatic heterocycles. The van der Waals surface area contributed by atoms with Crippen LogP contribution in [0.3, 0.4) is 0 Å². The zero-order valence-corrected chi connectivity index (χ0v) is 14.9. The molecular weight excluding hydrogens is 387 g/mol. The fourth-order valence-electron chi connectivity index (χ4n) is 1.95. The molecule has 0 aliphatic heterocycles. The third-order valence-corrected chi connectivity index (χ3v) is 5.06. The second kappa shape index (κ2) is 7.50. The van der Waals surface area contributed by atoms with Crippen molar-refractivity contribution in [2.75, 3.05) is 5.32 Å². The molecule has 0 aliphatic carbocycles. The Balaban J connectivity index is 1.59. The van der Waals surface area contributed by atoms with Gasteiger partial charge in [-0.1, -0.05) is 17.8 Å². The molecule has 1 N–H and O–H groups in total. The molecule has 1 amide bonds. The van der Waals surface area contributed by atoms with Gasteiger partial charge in [-0.15, -0.1) is 21.5 Å². The van der Waals surface area contributed by atoms with E-state index in [0.29, 0.717) is 5.89 Å². The SMILES string of the molecule is C[C@H](Sc1nnc(-c2cccs2)o1)C(=O)Nc1ccc(C(F)(F)F)cc1. The van der Waals surface area contributed by atoms with Crippen LogP contribution in [-0.2, 0) is 11.0 Å². The minimum Gasteiger partial charge on any atom is -0.410 e. The first-order valence-corrected chi connectivity index (χ1v) is 9.11. The molecule has 0 unspecified atom stereocenters. The topological polar surface area (TPSA) is 68.0 Å². The molecular formula is C16H12F3N3O2S2. The number of carbonyl (C=O) groups is 1. The van der Waals surface area contributed by atoms with Gasteiger partial charge < -0.3 is 9.73 Å². The van der Waals surface area contributed by atoms with Crippen molar-refractivity contribution in [3.63, 3.8) is 0 Å². The molecule has 0 bridgehead atoms. The Morgan fingerprint density at radius 3 is 2.58 bits per heavy atom. The van der Waals surface area contributed by atoms with E-state index < -0.39 is 17.0 Å². The smallest absolute Gasteiger partial charge is 0.410 e. The van der Waals surface area contributed by atoms with Crippen molar-refractivity contribution in [1.29, 1.82) is 0 Å². The average molecular weight is 399 g/mol. The van der Waals surface area contributed by atoms with Crippen LogP contribution in [-0.4, -0.2) is 21.4 Å². The Morgan fingerprint density at radius 2 is 1.96 bits per heavy atom. The van der Waals surface area contributed by atoms with Gasteiger partial charge in [-0.05, 0) is 42.6 Å². The van der Waals surface area contributed by atoms with Crippen molar-refractivity contribution in [2.45, 2.75) is 23.6 Å². The van der Waals surface area contributed by atoms with Crippen LogP contribution in [0.4, 0.5) is 18.9 Å². The summed E-state index contributed by atoms with van der Waals surface area (Å²) in [6.07, 6.45) is -4.41. The van der Waals surface area contributed by atoms with Gasteiger partial charge in [-0.3, -0.25) is 4.79 Å². The summed E-state index contributed by atoms with van der Waals surface area (Å²) in [5.74, 6) is -0.0107. The fraction of sp³-hybridized carbons (Fsp3) is 0.188. The molecule has 0 aliphatic rings. The first-order chi connectivity index (χ1) is 12.3. The molecule has 26 heavy (non-hydrogen) atoms. The second-order valence-electron chi connectivity index (χ2n) is 5.17. The van der Waals surface area contributed by atoms with E-state index in [4.69, 9.17) is 4.42 Å². The van der Waals surface area contributed by atoms with Crippen LogP contribution in [0.1, 0.15) is 12.5 Å². The normalized spacial score (nSPS) is 12.8. The van der Waals surface area contributed by atoms with Gasteiger partial charge in [-0.2, -0.15) is 13.2 Å². The van der Waals surface area contributed by atoms with Gasteiger partial charge in [0.2, 0.25) is 5.91 Å². The quantitative estimate of drug-likeness (QED) is 0.616. The molecule has 1 aromatic carbocycles. The number of rotatable bonds is 5. The maximum Gasteiger partial charge on any atom is 0.416 e. The fourth-order valence-corrected chi connectivity index (χ4v) is 3.28. The summed E-state index contributed by atoms with van der Waals surface area (Å²) in [4.78, 5) is 13.0. The van der Waals surface area contributed by atoms with Gasteiger partial charge >= 0.3 is 6.18 Å². The van der Waals surface area contributed by atoms with Crippen molar-refractivity contribution in [2.24, 2.45) is 0 Å². The van der Waals surface area contributed by atoms with Gasteiger partial charge in [0.25, 0.3) is 11.1 Å². The first kappa shape index (κ1) is 18.5. The van der Waals surface area contributed by atoms with Crippen LogP contribution in [0.5, 0.6) is 0 Å². The summed E-state index contributed by atoms with van der Waals surface area (Å²) >= 11 is 2.52. The highest BCUT2D eigenvalue weighted by Gasteiger charge is 2.30. The number of hydrogen-bond acceptors (Lipinski definition) is 6. The van der Waals surface area contributed by atoms with E-state index in [9.17, 15) is 18.0 Å². The van der Waals surface area contributed by atoms with Crippen LogP contribution in [0, 0.1) is 0 Å². The predicted molar refractivity (Wildman–Crippen MR) is 93.0 cm³/mol. The summed E-state index contributed by atoms with van der Waals surface area (Å²) < 4.78 is 43.1. The average Bonchev–Trinajstić information content (AvgIpc) is 3.25. The molecule has 10 heteroatoms. The Kier molecular flexibility index (Phi) is 5.33. The highest BCUT2D eigenvalue weighted by Crippen LogP contribution is 2.31. The van der Waals surface area contributed by atoms with E-state index in [2.05, 4.69) is 15.5 Å². The maximum absolute atomic E-state index is 12.5. The molecule has 0 radical (unpaired) electrons. The number of alkyl halides is 3. The molecule has 3 rings (SSSR count). The molecule has 136 valence electrons. The van der Waals surface area contributed by atoms with E-state index in [-0.39, 0.29) is 16.8 Å². The summed E-state index contributed by atoms with van der Waals surface area (Å²) in [7, 11) is 0. The van der Waals surface area contributed by atoms with E-state index in [1.165, 1.54) is 23.5 Å². The predicted octanol–water partition coefficient (Wildman–Crippen LogP) is 4.94. The molecule has 2 heterocycles. The number of thioether (sulfide) groups is 1. The summed E-state index contributed by atoms with van der Waals surface area (Å²) in [5, 5.41) is 11.9. The standard InChI is InChI=1S/C16H12F3N3O2S2/c1-9(26-15-22-21-14(24-15)12-3-2-8-25-12)13(23)20-11-6-4-10(5-7-11)16(17,18)19/h2-9H,1H3,(H,20,23)/t9-/m0/s1. The molecule has 0 fully saturated rings. The Labute approximate surface area is 154 Å². The van der Waals surface area contributed by atoms with Gasteiger partial charge in [0.15, 0.2) is 0 Å². The molecule has 3 aromatic rings. The minimum atomic E-state index is -4.41. The molecule has 5 nitrogen and oxygen atoms in total. The van der Waals surface area contributed by atoms with Crippen molar-refractivity contribution in [3.05, 3.63) is 47.3 Å². The number of nitrogens with one attached hydrogen (secondary N) is 1. The van der Waals surface area contributed by atoms with E-state index in [1.807, 2.05) is 17.5 Å². The van der Waals surface area contributed by atoms with Crippen LogP contribution >= 0.6 is 23.1 Å². The van der Waals surface area contributed by atoms with Crippen molar-refractivity contribution in [3.8, 4) is 10.8 Å². The maximum atomic E-state index is 12.5. The summed E-state index contributed by atoms with van der Waals surface area (Å²) in [6.45, 7) is 1.64. The highest BCUT2D eigenvalue weighted by atomic mass is 32.2. The third-order valence-electron chi connectivity index (χ3n) is 3.27. The second-order valence-corrected chi connectivity index (χ2v) is 7.41. The number of hydrogen-bond donors (Lipinski definition) is 1. The lowest BCUT2D eigenvalue weighted by atomic mass is 10.2. The van der Waals surface area contributed by atoms with Gasteiger partial charge in [0, 0.05) is 5.69 Å². The van der Waals surface area contributed by atoms with E-state index in [0.717, 1.165) is 28.8 Å². The van der Waals surface area contributed by atoms with Crippen LogP contribution in [0.2, 0.25) is 0 Å². The van der Waals surface area contributed by atoms with Crippen molar-refractivity contribution < 1.29 is 22.4 Å². The monoisotopic (exact) mass is 399 g/mol. The third kappa shape index (κ3) is 4.44. The Bertz CT molecular complexity index is 877.